The third-order valence-electron chi connectivity index (χ3n) is 6.22. The van der Waals surface area contributed by atoms with Crippen molar-refractivity contribution in [1.29, 1.82) is 0 Å². The second kappa shape index (κ2) is 8.09. The summed E-state index contributed by atoms with van der Waals surface area (Å²) in [5, 5.41) is 4.74. The van der Waals surface area contributed by atoms with Gasteiger partial charge in [-0.25, -0.2) is 4.39 Å². The lowest BCUT2D eigenvalue weighted by atomic mass is 9.92. The van der Waals surface area contributed by atoms with Crippen molar-refractivity contribution >= 4 is 35.2 Å². The van der Waals surface area contributed by atoms with E-state index in [1.807, 2.05) is 4.90 Å². The zero-order chi connectivity index (χ0) is 22.3. The Hall–Kier alpha value is -3.30. The van der Waals surface area contributed by atoms with E-state index >= 15 is 0 Å². The minimum atomic E-state index is -1.09. The first-order valence-corrected chi connectivity index (χ1v) is 10.3. The number of piperidine rings is 2. The number of hydrogen-bond acceptors (Lipinski definition) is 6. The van der Waals surface area contributed by atoms with Crippen molar-refractivity contribution in [2.24, 2.45) is 5.92 Å². The minimum absolute atomic E-state index is 0.0222. The Kier molecular flexibility index (Phi) is 5.47. The molecule has 0 aliphatic carbocycles. The number of hydrogen-bond donors (Lipinski definition) is 2. The molecule has 3 aliphatic heterocycles. The number of fused-ring (bicyclic) bond motifs is 1. The lowest BCUT2D eigenvalue weighted by molar-refractivity contribution is -0.136. The Bertz CT molecular complexity index is 986. The molecule has 2 saturated heterocycles. The van der Waals surface area contributed by atoms with Crippen molar-refractivity contribution in [3.05, 3.63) is 29.1 Å². The summed E-state index contributed by atoms with van der Waals surface area (Å²) in [6, 6.07) is 1.33. The number of nitrogens with one attached hydrogen (secondary N) is 2. The van der Waals surface area contributed by atoms with Crippen LogP contribution in [0.1, 0.15) is 52.8 Å². The number of anilines is 1. The molecule has 1 aromatic carbocycles. The normalized spacial score (nSPS) is 21.9. The second-order valence-electron chi connectivity index (χ2n) is 8.10. The highest BCUT2D eigenvalue weighted by molar-refractivity contribution is 6.23. The average Bonchev–Trinajstić information content (AvgIpc) is 2.98. The van der Waals surface area contributed by atoms with Gasteiger partial charge in [-0.2, -0.15) is 0 Å². The van der Waals surface area contributed by atoms with Gasteiger partial charge in [0.15, 0.2) is 0 Å². The lowest BCUT2D eigenvalue weighted by Crippen LogP contribution is -2.54. The molecule has 9 nitrogen and oxygen atoms in total. The predicted molar refractivity (Wildman–Crippen MR) is 107 cm³/mol. The molecule has 0 saturated carbocycles. The first-order chi connectivity index (χ1) is 14.8. The molecule has 2 N–H and O–H groups in total. The molecular weight excluding hydrogens is 407 g/mol. The number of amides is 5. The van der Waals surface area contributed by atoms with Crippen molar-refractivity contribution in [3.63, 3.8) is 0 Å². The second-order valence-corrected chi connectivity index (χ2v) is 8.10. The largest absolute Gasteiger partial charge is 0.369 e. The van der Waals surface area contributed by atoms with Crippen molar-refractivity contribution in [3.8, 4) is 0 Å². The van der Waals surface area contributed by atoms with Gasteiger partial charge < -0.3 is 10.2 Å². The maximum atomic E-state index is 14.9. The molecule has 0 spiro atoms. The van der Waals surface area contributed by atoms with Crippen molar-refractivity contribution in [2.45, 2.75) is 38.1 Å². The number of carbonyl (C=O) groups excluding carboxylic acids is 5. The van der Waals surface area contributed by atoms with Gasteiger partial charge in [-0.1, -0.05) is 0 Å². The lowest BCUT2D eigenvalue weighted by Gasteiger charge is -2.33. The summed E-state index contributed by atoms with van der Waals surface area (Å²) in [4.78, 5) is 63.5. The standard InChI is InChI=1S/C21H23FN4O5/c1-23-18(28)8-11-4-6-25(7-5-11)16-10-13-12(9-14(16)22)20(30)26(21(13)31)15-2-3-17(27)24-19(15)29/h9-11,15H,2-8H2,1H3,(H,23,28)(H,24,27,29). The first kappa shape index (κ1) is 21.0. The molecule has 4 rings (SSSR count). The summed E-state index contributed by atoms with van der Waals surface area (Å²) >= 11 is 0. The number of nitrogens with zero attached hydrogens (tertiary/aromatic N) is 2. The molecule has 5 amide bonds. The molecule has 1 atom stereocenters. The van der Waals surface area contributed by atoms with E-state index in [4.69, 9.17) is 0 Å². The summed E-state index contributed by atoms with van der Waals surface area (Å²) in [6.07, 6.45) is 1.90. The third-order valence-corrected chi connectivity index (χ3v) is 6.22. The van der Waals surface area contributed by atoms with Crippen LogP contribution in [0.25, 0.3) is 0 Å². The number of rotatable bonds is 4. The Labute approximate surface area is 177 Å². The van der Waals surface area contributed by atoms with E-state index in [1.54, 1.807) is 7.05 Å². The van der Waals surface area contributed by atoms with Crippen LogP contribution in [0.15, 0.2) is 12.1 Å². The first-order valence-electron chi connectivity index (χ1n) is 10.3. The fraction of sp³-hybridized carbons (Fsp3) is 0.476. The van der Waals surface area contributed by atoms with Crippen LogP contribution in [-0.2, 0) is 14.4 Å². The molecule has 10 heteroatoms. The maximum absolute atomic E-state index is 14.9. The van der Waals surface area contributed by atoms with Crippen molar-refractivity contribution in [2.75, 3.05) is 25.0 Å². The fourth-order valence-corrected chi connectivity index (χ4v) is 4.46. The summed E-state index contributed by atoms with van der Waals surface area (Å²) in [6.45, 7) is 1.05. The molecule has 31 heavy (non-hydrogen) atoms. The van der Waals surface area contributed by atoms with Gasteiger partial charge in [0.05, 0.1) is 16.8 Å². The van der Waals surface area contributed by atoms with Crippen LogP contribution in [-0.4, -0.2) is 60.6 Å². The Morgan fingerprint density at radius 2 is 1.74 bits per heavy atom. The highest BCUT2D eigenvalue weighted by Crippen LogP contribution is 2.34. The van der Waals surface area contributed by atoms with Gasteiger partial charge in [0.2, 0.25) is 17.7 Å². The van der Waals surface area contributed by atoms with Crippen molar-refractivity contribution < 1.29 is 28.4 Å². The molecular formula is C21H23FN4O5. The highest BCUT2D eigenvalue weighted by atomic mass is 19.1. The summed E-state index contributed by atoms with van der Waals surface area (Å²) in [5.74, 6) is -2.99. The zero-order valence-corrected chi connectivity index (χ0v) is 17.1. The predicted octanol–water partition coefficient (Wildman–Crippen LogP) is 0.579. The molecule has 164 valence electrons. The SMILES string of the molecule is CNC(=O)CC1CCN(c2cc3c(cc2F)C(=O)N(C2CCC(=O)NC2=O)C3=O)CC1. The topological polar surface area (TPSA) is 116 Å². The van der Waals surface area contributed by atoms with Gasteiger partial charge in [-0.15, -0.1) is 0 Å². The van der Waals surface area contributed by atoms with E-state index < -0.39 is 35.5 Å². The Morgan fingerprint density at radius 3 is 2.35 bits per heavy atom. The van der Waals surface area contributed by atoms with Gasteiger partial charge >= 0.3 is 0 Å². The quantitative estimate of drug-likeness (QED) is 0.675. The van der Waals surface area contributed by atoms with Crippen LogP contribution >= 0.6 is 0 Å². The molecule has 1 aromatic rings. The molecule has 3 aliphatic rings. The van der Waals surface area contributed by atoms with Crippen LogP contribution in [0.3, 0.4) is 0 Å². The average molecular weight is 430 g/mol. The van der Waals surface area contributed by atoms with Crippen LogP contribution in [0.5, 0.6) is 0 Å². The van der Waals surface area contributed by atoms with Gasteiger partial charge in [0.1, 0.15) is 11.9 Å². The summed E-state index contributed by atoms with van der Waals surface area (Å²) < 4.78 is 14.9. The van der Waals surface area contributed by atoms with Crippen LogP contribution in [0.4, 0.5) is 10.1 Å². The van der Waals surface area contributed by atoms with Gasteiger partial charge in [0.25, 0.3) is 11.8 Å². The summed E-state index contributed by atoms with van der Waals surface area (Å²) in [5.41, 5.74) is 0.201. The molecule has 0 radical (unpaired) electrons. The van der Waals surface area contributed by atoms with Gasteiger partial charge in [0, 0.05) is 33.0 Å². The van der Waals surface area contributed by atoms with Gasteiger partial charge in [-0.05, 0) is 37.3 Å². The van der Waals surface area contributed by atoms with E-state index in [9.17, 15) is 28.4 Å². The van der Waals surface area contributed by atoms with Crippen LogP contribution in [0.2, 0.25) is 0 Å². The van der Waals surface area contributed by atoms with Gasteiger partial charge in [-0.3, -0.25) is 34.2 Å². The number of carbonyl (C=O) groups is 5. The molecule has 1 unspecified atom stereocenters. The molecule has 0 bridgehead atoms. The highest BCUT2D eigenvalue weighted by Gasteiger charge is 2.45. The van der Waals surface area contributed by atoms with E-state index in [1.165, 1.54) is 6.07 Å². The van der Waals surface area contributed by atoms with Crippen LogP contribution < -0.4 is 15.5 Å². The van der Waals surface area contributed by atoms with E-state index in [2.05, 4.69) is 10.6 Å². The molecule has 0 aromatic heterocycles. The molecule has 2 fully saturated rings. The van der Waals surface area contributed by atoms with Crippen LogP contribution in [0, 0.1) is 11.7 Å². The third kappa shape index (κ3) is 3.77. The molecule has 3 heterocycles. The Balaban J connectivity index is 1.53. The Morgan fingerprint density at radius 1 is 1.10 bits per heavy atom. The van der Waals surface area contributed by atoms with E-state index in [0.29, 0.717) is 32.4 Å². The smallest absolute Gasteiger partial charge is 0.262 e. The number of benzene rings is 1. The number of imide groups is 2. The number of halogens is 1. The van der Waals surface area contributed by atoms with E-state index in [-0.39, 0.29) is 41.5 Å². The van der Waals surface area contributed by atoms with Crippen molar-refractivity contribution in [1.82, 2.24) is 15.5 Å². The zero-order valence-electron chi connectivity index (χ0n) is 17.1. The minimum Gasteiger partial charge on any atom is -0.369 e. The maximum Gasteiger partial charge on any atom is 0.262 e. The fourth-order valence-electron chi connectivity index (χ4n) is 4.46. The van der Waals surface area contributed by atoms with E-state index in [0.717, 1.165) is 11.0 Å². The summed E-state index contributed by atoms with van der Waals surface area (Å²) in [7, 11) is 1.59. The monoisotopic (exact) mass is 430 g/mol.